The highest BCUT2D eigenvalue weighted by Gasteiger charge is 2.18. The van der Waals surface area contributed by atoms with Gasteiger partial charge >= 0.3 is 0 Å². The number of rotatable bonds is 3. The summed E-state index contributed by atoms with van der Waals surface area (Å²) < 4.78 is 0. The number of anilines is 1. The lowest BCUT2D eigenvalue weighted by Gasteiger charge is -1.95. The van der Waals surface area contributed by atoms with Crippen LogP contribution in [0, 0.1) is 10.1 Å². The van der Waals surface area contributed by atoms with Crippen molar-refractivity contribution in [3.63, 3.8) is 0 Å². The van der Waals surface area contributed by atoms with Gasteiger partial charge in [-0.15, -0.1) is 22.7 Å². The Morgan fingerprint density at radius 2 is 2.18 bits per heavy atom. The van der Waals surface area contributed by atoms with Crippen LogP contribution in [-0.2, 0) is 4.79 Å². The van der Waals surface area contributed by atoms with Gasteiger partial charge in [0.15, 0.2) is 0 Å². The number of carbonyl (C=O) groups is 1. The van der Waals surface area contributed by atoms with E-state index in [9.17, 15) is 14.9 Å². The molecule has 5 nitrogen and oxygen atoms in total. The van der Waals surface area contributed by atoms with Gasteiger partial charge in [-0.05, 0) is 17.5 Å². The van der Waals surface area contributed by atoms with Crippen molar-refractivity contribution in [3.05, 3.63) is 33.7 Å². The van der Waals surface area contributed by atoms with E-state index < -0.39 is 4.92 Å². The van der Waals surface area contributed by atoms with Crippen LogP contribution >= 0.6 is 22.7 Å². The minimum absolute atomic E-state index is 0.103. The Labute approximate surface area is 105 Å². The number of hydrogen-bond acceptors (Lipinski definition) is 5. The molecular formula is C10H8N2O3S2. The second-order valence-electron chi connectivity index (χ2n) is 3.24. The first-order valence-electron chi connectivity index (χ1n) is 4.67. The maximum absolute atomic E-state index is 10.9. The molecule has 1 N–H and O–H groups in total. The topological polar surface area (TPSA) is 72.2 Å². The van der Waals surface area contributed by atoms with Gasteiger partial charge in [-0.1, -0.05) is 0 Å². The van der Waals surface area contributed by atoms with Gasteiger partial charge in [-0.25, -0.2) is 0 Å². The average Bonchev–Trinajstić information content (AvgIpc) is 2.82. The molecule has 17 heavy (non-hydrogen) atoms. The van der Waals surface area contributed by atoms with E-state index in [1.54, 1.807) is 17.5 Å². The van der Waals surface area contributed by atoms with Crippen LogP contribution in [0.15, 0.2) is 23.6 Å². The molecule has 0 unspecified atom stereocenters. The van der Waals surface area contributed by atoms with Crippen molar-refractivity contribution in [2.45, 2.75) is 6.92 Å². The Morgan fingerprint density at radius 3 is 2.82 bits per heavy atom. The summed E-state index contributed by atoms with van der Waals surface area (Å²) in [6.45, 7) is 1.42. The molecule has 2 aromatic heterocycles. The standard InChI is InChI=1S/C10H8N2O3S2/c1-6(13)11-9-3-2-8(17-9)10-7(12(14)15)4-5-16-10/h2-5H,1H3,(H,11,13). The van der Waals surface area contributed by atoms with Crippen molar-refractivity contribution in [3.8, 4) is 9.75 Å². The van der Waals surface area contributed by atoms with Crippen molar-refractivity contribution >= 4 is 39.3 Å². The molecule has 0 saturated heterocycles. The van der Waals surface area contributed by atoms with Gasteiger partial charge in [0.2, 0.25) is 5.91 Å². The van der Waals surface area contributed by atoms with Crippen molar-refractivity contribution < 1.29 is 9.72 Å². The van der Waals surface area contributed by atoms with Crippen LogP contribution in [0.5, 0.6) is 0 Å². The van der Waals surface area contributed by atoms with Crippen LogP contribution in [0.25, 0.3) is 9.75 Å². The second kappa shape index (κ2) is 4.64. The molecule has 0 aliphatic carbocycles. The molecule has 0 saturated carbocycles. The fourth-order valence-corrected chi connectivity index (χ4v) is 3.28. The van der Waals surface area contributed by atoms with Gasteiger partial charge in [-0.2, -0.15) is 0 Å². The van der Waals surface area contributed by atoms with Crippen molar-refractivity contribution in [2.24, 2.45) is 0 Å². The van der Waals surface area contributed by atoms with Crippen molar-refractivity contribution in [2.75, 3.05) is 5.32 Å². The Kier molecular flexibility index (Phi) is 3.21. The molecule has 0 atom stereocenters. The van der Waals surface area contributed by atoms with Crippen LogP contribution in [0.3, 0.4) is 0 Å². The molecule has 0 aliphatic rings. The maximum atomic E-state index is 10.9. The fraction of sp³-hybridized carbons (Fsp3) is 0.100. The normalized spacial score (nSPS) is 10.2. The highest BCUT2D eigenvalue weighted by atomic mass is 32.1. The van der Waals surface area contributed by atoms with E-state index in [-0.39, 0.29) is 11.6 Å². The summed E-state index contributed by atoms with van der Waals surface area (Å²) in [7, 11) is 0. The third-order valence-corrected chi connectivity index (χ3v) is 4.05. The number of nitrogens with zero attached hydrogens (tertiary/aromatic N) is 1. The minimum Gasteiger partial charge on any atom is -0.318 e. The van der Waals surface area contributed by atoms with E-state index in [4.69, 9.17) is 0 Å². The molecule has 0 radical (unpaired) electrons. The van der Waals surface area contributed by atoms with Crippen LogP contribution in [0.2, 0.25) is 0 Å². The van der Waals surface area contributed by atoms with Gasteiger partial charge in [-0.3, -0.25) is 14.9 Å². The van der Waals surface area contributed by atoms with E-state index >= 15 is 0 Å². The zero-order valence-electron chi connectivity index (χ0n) is 8.80. The number of hydrogen-bond donors (Lipinski definition) is 1. The summed E-state index contributed by atoms with van der Waals surface area (Å²) in [4.78, 5) is 22.7. The molecule has 0 aromatic carbocycles. The first-order chi connectivity index (χ1) is 8.08. The summed E-state index contributed by atoms with van der Waals surface area (Å²) in [5.74, 6) is -0.154. The Balaban J connectivity index is 2.33. The summed E-state index contributed by atoms with van der Waals surface area (Å²) in [5, 5.41) is 15.8. The molecule has 2 aromatic rings. The van der Waals surface area contributed by atoms with Gasteiger partial charge in [0, 0.05) is 13.0 Å². The zero-order valence-corrected chi connectivity index (χ0v) is 10.4. The first kappa shape index (κ1) is 11.7. The fourth-order valence-electron chi connectivity index (χ4n) is 1.33. The minimum atomic E-state index is -0.399. The molecule has 1 amide bonds. The predicted octanol–water partition coefficient (Wildman–Crippen LogP) is 3.34. The molecule has 0 aliphatic heterocycles. The van der Waals surface area contributed by atoms with E-state index in [0.29, 0.717) is 9.88 Å². The lowest BCUT2D eigenvalue weighted by molar-refractivity contribution is -0.383. The summed E-state index contributed by atoms with van der Waals surface area (Å²) >= 11 is 2.64. The Morgan fingerprint density at radius 1 is 1.41 bits per heavy atom. The highest BCUT2D eigenvalue weighted by molar-refractivity contribution is 7.24. The number of carbonyl (C=O) groups excluding carboxylic acids is 1. The quantitative estimate of drug-likeness (QED) is 0.685. The molecular weight excluding hydrogens is 260 g/mol. The molecule has 2 rings (SSSR count). The summed E-state index contributed by atoms with van der Waals surface area (Å²) in [6.07, 6.45) is 0. The van der Waals surface area contributed by atoms with Gasteiger partial charge in [0.25, 0.3) is 5.69 Å². The average molecular weight is 268 g/mol. The predicted molar refractivity (Wildman–Crippen MR) is 68.6 cm³/mol. The summed E-state index contributed by atoms with van der Waals surface area (Å²) in [6, 6.07) is 5.00. The number of thiophene rings is 2. The van der Waals surface area contributed by atoms with Crippen molar-refractivity contribution in [1.29, 1.82) is 0 Å². The van der Waals surface area contributed by atoms with Gasteiger partial charge in [0.05, 0.1) is 14.8 Å². The monoisotopic (exact) mass is 268 g/mol. The third-order valence-electron chi connectivity index (χ3n) is 1.97. The molecule has 0 spiro atoms. The molecule has 0 bridgehead atoms. The number of nitro groups is 1. The molecule has 2 heterocycles. The van der Waals surface area contributed by atoms with Crippen LogP contribution in [0.4, 0.5) is 10.7 Å². The van der Waals surface area contributed by atoms with Crippen LogP contribution in [0.1, 0.15) is 6.92 Å². The molecule has 7 heteroatoms. The second-order valence-corrected chi connectivity index (χ2v) is 5.24. The van der Waals surface area contributed by atoms with Gasteiger partial charge in [0.1, 0.15) is 4.88 Å². The van der Waals surface area contributed by atoms with Crippen molar-refractivity contribution in [1.82, 2.24) is 0 Å². The smallest absolute Gasteiger partial charge is 0.288 e. The van der Waals surface area contributed by atoms with Crippen LogP contribution in [-0.4, -0.2) is 10.8 Å². The molecule has 88 valence electrons. The number of amides is 1. The maximum Gasteiger partial charge on any atom is 0.288 e. The van der Waals surface area contributed by atoms with E-state index in [0.717, 1.165) is 4.88 Å². The molecule has 0 fully saturated rings. The number of nitrogens with one attached hydrogen (secondary N) is 1. The summed E-state index contributed by atoms with van der Waals surface area (Å²) in [5.41, 5.74) is 0.103. The van der Waals surface area contributed by atoms with E-state index in [1.807, 2.05) is 0 Å². The SMILES string of the molecule is CC(=O)Nc1ccc(-c2sccc2[N+](=O)[O-])s1. The van der Waals surface area contributed by atoms with Crippen LogP contribution < -0.4 is 5.32 Å². The van der Waals surface area contributed by atoms with E-state index in [2.05, 4.69) is 5.32 Å². The Bertz CT molecular complexity index is 574. The van der Waals surface area contributed by atoms with Gasteiger partial charge < -0.3 is 5.32 Å². The lowest BCUT2D eigenvalue weighted by Crippen LogP contribution is -2.03. The lowest BCUT2D eigenvalue weighted by atomic mass is 10.3. The largest absolute Gasteiger partial charge is 0.318 e. The van der Waals surface area contributed by atoms with E-state index in [1.165, 1.54) is 35.7 Å². The first-order valence-corrected chi connectivity index (χ1v) is 6.37. The third kappa shape index (κ3) is 2.51. The Hall–Kier alpha value is -1.73. The zero-order chi connectivity index (χ0) is 12.4. The highest BCUT2D eigenvalue weighted by Crippen LogP contribution is 2.40.